The van der Waals surface area contributed by atoms with Crippen LogP contribution in [0.1, 0.15) is 43.0 Å². The van der Waals surface area contributed by atoms with E-state index in [2.05, 4.69) is 45.8 Å². The van der Waals surface area contributed by atoms with Crippen molar-refractivity contribution >= 4 is 0 Å². The summed E-state index contributed by atoms with van der Waals surface area (Å²) in [5, 5.41) is 0. The molecule has 122 valence electrons. The molecule has 4 heteroatoms. The summed E-state index contributed by atoms with van der Waals surface area (Å²) in [6.45, 7) is 0.994. The van der Waals surface area contributed by atoms with E-state index in [-0.39, 0.29) is 0 Å². The van der Waals surface area contributed by atoms with Gasteiger partial charge in [0, 0.05) is 31.5 Å². The first-order valence-electron chi connectivity index (χ1n) is 8.60. The van der Waals surface area contributed by atoms with Gasteiger partial charge in [-0.2, -0.15) is 0 Å². The number of benzene rings is 1. The van der Waals surface area contributed by atoms with Gasteiger partial charge in [0.2, 0.25) is 0 Å². The van der Waals surface area contributed by atoms with Gasteiger partial charge in [0.25, 0.3) is 0 Å². The van der Waals surface area contributed by atoms with Crippen LogP contribution >= 0.6 is 0 Å². The lowest BCUT2D eigenvalue weighted by atomic mass is 9.85. The predicted octanol–water partition coefficient (Wildman–Crippen LogP) is 3.34. The van der Waals surface area contributed by atoms with Crippen molar-refractivity contribution < 1.29 is 4.74 Å². The molecule has 1 aromatic heterocycles. The topological polar surface area (TPSA) is 30.3 Å². The fourth-order valence-electron chi connectivity index (χ4n) is 4.39. The monoisotopic (exact) mass is 311 g/mol. The zero-order valence-corrected chi connectivity index (χ0v) is 14.0. The van der Waals surface area contributed by atoms with Crippen LogP contribution in [0.4, 0.5) is 0 Å². The molecule has 0 spiro atoms. The molecule has 1 aromatic carbocycles. The first kappa shape index (κ1) is 14.8. The van der Waals surface area contributed by atoms with Gasteiger partial charge < -0.3 is 9.30 Å². The summed E-state index contributed by atoms with van der Waals surface area (Å²) < 4.78 is 7.43. The summed E-state index contributed by atoms with van der Waals surface area (Å²) in [4.78, 5) is 7.21. The summed E-state index contributed by atoms with van der Waals surface area (Å²) in [6, 6.07) is 10.1. The van der Waals surface area contributed by atoms with Crippen molar-refractivity contribution in [2.45, 2.75) is 50.2 Å². The molecular formula is C19H25N3O. The number of hydrogen-bond donors (Lipinski definition) is 0. The third kappa shape index (κ3) is 2.76. The maximum atomic E-state index is 5.28. The minimum Gasteiger partial charge on any atom is -0.497 e. The highest BCUT2D eigenvalue weighted by atomic mass is 16.5. The molecule has 23 heavy (non-hydrogen) atoms. The number of aryl methyl sites for hydroxylation is 1. The van der Waals surface area contributed by atoms with Crippen LogP contribution in [-0.4, -0.2) is 33.6 Å². The normalized spacial score (nSPS) is 27.3. The highest BCUT2D eigenvalue weighted by molar-refractivity contribution is 5.30. The number of imidazole rings is 1. The molecule has 4 rings (SSSR count). The molecule has 3 heterocycles. The molecule has 2 saturated heterocycles. The Morgan fingerprint density at radius 2 is 1.83 bits per heavy atom. The number of aromatic nitrogens is 2. The summed E-state index contributed by atoms with van der Waals surface area (Å²) >= 11 is 0. The van der Waals surface area contributed by atoms with Gasteiger partial charge in [0.05, 0.1) is 13.7 Å². The maximum absolute atomic E-state index is 5.28. The molecule has 4 nitrogen and oxygen atoms in total. The Morgan fingerprint density at radius 3 is 2.39 bits per heavy atom. The van der Waals surface area contributed by atoms with Crippen molar-refractivity contribution in [1.29, 1.82) is 0 Å². The molecule has 0 radical (unpaired) electrons. The van der Waals surface area contributed by atoms with Crippen molar-refractivity contribution in [3.8, 4) is 5.75 Å². The SMILES string of the molecule is COc1ccc(C2C[C@H]3CC[C@@H](C2)N3Cc2nccn2C)cc1. The molecule has 2 aromatic rings. The minimum absolute atomic E-state index is 0.691. The first-order chi connectivity index (χ1) is 11.2. The first-order valence-corrected chi connectivity index (χ1v) is 8.60. The van der Waals surface area contributed by atoms with Gasteiger partial charge in [-0.3, -0.25) is 4.90 Å². The zero-order chi connectivity index (χ0) is 15.8. The van der Waals surface area contributed by atoms with Crippen LogP contribution in [0.3, 0.4) is 0 Å². The molecule has 0 aliphatic carbocycles. The Kier molecular flexibility index (Phi) is 3.85. The Labute approximate surface area is 138 Å². The van der Waals surface area contributed by atoms with E-state index in [9.17, 15) is 0 Å². The van der Waals surface area contributed by atoms with E-state index in [4.69, 9.17) is 4.74 Å². The predicted molar refractivity (Wildman–Crippen MR) is 90.5 cm³/mol. The Balaban J connectivity index is 1.47. The summed E-state index contributed by atoms with van der Waals surface area (Å²) in [5.41, 5.74) is 1.47. The minimum atomic E-state index is 0.691. The molecule has 2 bridgehead atoms. The molecule has 0 N–H and O–H groups in total. The number of hydrogen-bond acceptors (Lipinski definition) is 3. The van der Waals surface area contributed by atoms with Gasteiger partial charge in [0.1, 0.15) is 11.6 Å². The van der Waals surface area contributed by atoms with Crippen LogP contribution in [0.5, 0.6) is 5.75 Å². The van der Waals surface area contributed by atoms with E-state index in [1.54, 1.807) is 7.11 Å². The van der Waals surface area contributed by atoms with Crippen LogP contribution in [-0.2, 0) is 13.6 Å². The fourth-order valence-corrected chi connectivity index (χ4v) is 4.39. The average Bonchev–Trinajstić information content (AvgIpc) is 3.07. The van der Waals surface area contributed by atoms with Crippen LogP contribution < -0.4 is 4.74 Å². The number of fused-ring (bicyclic) bond motifs is 2. The third-order valence-electron chi connectivity index (χ3n) is 5.72. The number of rotatable bonds is 4. The lowest BCUT2D eigenvalue weighted by Gasteiger charge is -2.39. The van der Waals surface area contributed by atoms with Crippen LogP contribution in [0.2, 0.25) is 0 Å². The van der Waals surface area contributed by atoms with Gasteiger partial charge in [-0.15, -0.1) is 0 Å². The third-order valence-corrected chi connectivity index (χ3v) is 5.72. The van der Waals surface area contributed by atoms with Gasteiger partial charge in [-0.05, 0) is 49.3 Å². The number of ether oxygens (including phenoxy) is 1. The maximum Gasteiger partial charge on any atom is 0.122 e. The molecule has 2 aliphatic rings. The Bertz CT molecular complexity index is 650. The average molecular weight is 311 g/mol. The molecule has 2 aliphatic heterocycles. The Morgan fingerprint density at radius 1 is 1.13 bits per heavy atom. The van der Waals surface area contributed by atoms with Crippen LogP contribution in [0.25, 0.3) is 0 Å². The highest BCUT2D eigenvalue weighted by Gasteiger charge is 2.41. The zero-order valence-electron chi connectivity index (χ0n) is 14.0. The van der Waals surface area contributed by atoms with Crippen molar-refractivity contribution in [1.82, 2.24) is 14.5 Å². The summed E-state index contributed by atoms with van der Waals surface area (Å²) in [7, 11) is 3.82. The molecule has 2 fully saturated rings. The lowest BCUT2D eigenvalue weighted by Crippen LogP contribution is -2.42. The van der Waals surface area contributed by atoms with Crippen LogP contribution in [0.15, 0.2) is 36.7 Å². The van der Waals surface area contributed by atoms with Gasteiger partial charge in [-0.1, -0.05) is 12.1 Å². The van der Waals surface area contributed by atoms with E-state index < -0.39 is 0 Å². The standard InChI is InChI=1S/C19H25N3O/c1-21-10-9-20-19(21)13-22-16-5-6-17(22)12-15(11-16)14-3-7-18(23-2)8-4-14/h3-4,7-10,15-17H,5-6,11-13H2,1-2H3/t15?,16-,17+. The lowest BCUT2D eigenvalue weighted by molar-refractivity contribution is 0.114. The van der Waals surface area contributed by atoms with E-state index in [0.29, 0.717) is 18.0 Å². The fraction of sp³-hybridized carbons (Fsp3) is 0.526. The molecule has 0 saturated carbocycles. The number of nitrogens with zero attached hydrogens (tertiary/aromatic N) is 3. The van der Waals surface area contributed by atoms with Crippen molar-refractivity contribution in [2.75, 3.05) is 7.11 Å². The molecule has 3 atom stereocenters. The van der Waals surface area contributed by atoms with E-state index in [0.717, 1.165) is 12.3 Å². The highest BCUT2D eigenvalue weighted by Crippen LogP contribution is 2.43. The van der Waals surface area contributed by atoms with Crippen molar-refractivity contribution in [3.63, 3.8) is 0 Å². The summed E-state index contributed by atoms with van der Waals surface area (Å²) in [5.74, 6) is 2.82. The van der Waals surface area contributed by atoms with Crippen molar-refractivity contribution in [2.24, 2.45) is 7.05 Å². The largest absolute Gasteiger partial charge is 0.497 e. The second kappa shape index (κ2) is 6.00. The Hall–Kier alpha value is -1.81. The summed E-state index contributed by atoms with van der Waals surface area (Å²) in [6.07, 6.45) is 9.16. The quantitative estimate of drug-likeness (QED) is 0.867. The van der Waals surface area contributed by atoms with Crippen molar-refractivity contribution in [3.05, 3.63) is 48.0 Å². The smallest absolute Gasteiger partial charge is 0.122 e. The second-order valence-electron chi connectivity index (χ2n) is 6.95. The van der Waals surface area contributed by atoms with Gasteiger partial charge in [0.15, 0.2) is 0 Å². The number of methoxy groups -OCH3 is 1. The second-order valence-corrected chi connectivity index (χ2v) is 6.95. The van der Waals surface area contributed by atoms with Crippen LogP contribution in [0, 0.1) is 0 Å². The molecule has 1 unspecified atom stereocenters. The van der Waals surface area contributed by atoms with E-state index in [1.807, 2.05) is 12.4 Å². The van der Waals surface area contributed by atoms with E-state index in [1.165, 1.54) is 37.1 Å². The molecule has 0 amide bonds. The molecular weight excluding hydrogens is 286 g/mol. The van der Waals surface area contributed by atoms with Gasteiger partial charge >= 0.3 is 0 Å². The van der Waals surface area contributed by atoms with Gasteiger partial charge in [-0.25, -0.2) is 4.98 Å². The van der Waals surface area contributed by atoms with E-state index >= 15 is 0 Å². The number of piperidine rings is 1.